The van der Waals surface area contributed by atoms with Gasteiger partial charge in [0.2, 0.25) is 0 Å². The first kappa shape index (κ1) is 15.4. The lowest BCUT2D eigenvalue weighted by atomic mass is 10.2. The van der Waals surface area contributed by atoms with Gasteiger partial charge in [-0.1, -0.05) is 19.4 Å². The van der Waals surface area contributed by atoms with Crippen LogP contribution in [0.25, 0.3) is 0 Å². The quantitative estimate of drug-likeness (QED) is 0.755. The van der Waals surface area contributed by atoms with E-state index in [-0.39, 0.29) is 11.7 Å². The van der Waals surface area contributed by atoms with Crippen molar-refractivity contribution in [3.05, 3.63) is 23.9 Å². The number of carboxylic acids is 1. The minimum atomic E-state index is -1.00. The van der Waals surface area contributed by atoms with Crippen molar-refractivity contribution in [3.8, 4) is 0 Å². The van der Waals surface area contributed by atoms with Crippen LogP contribution in [0.2, 0.25) is 0 Å². The Labute approximate surface area is 114 Å². The van der Waals surface area contributed by atoms with Gasteiger partial charge in [-0.25, -0.2) is 9.78 Å². The maximum Gasteiger partial charge on any atom is 0.354 e. The zero-order valence-corrected chi connectivity index (χ0v) is 11.9. The van der Waals surface area contributed by atoms with Crippen LogP contribution in [0.3, 0.4) is 0 Å². The molecule has 0 amide bonds. The minimum absolute atomic E-state index is 0.0662. The number of nitrogens with one attached hydrogen (secondary N) is 1. The predicted octanol–water partition coefficient (Wildman–Crippen LogP) is 2.31. The third-order valence-electron chi connectivity index (χ3n) is 2.84. The van der Waals surface area contributed by atoms with Gasteiger partial charge in [0.05, 0.1) is 0 Å². The van der Waals surface area contributed by atoms with Crippen molar-refractivity contribution in [1.29, 1.82) is 0 Å². The molecule has 0 fully saturated rings. The molecule has 0 unspecified atom stereocenters. The molecule has 0 saturated carbocycles. The summed E-state index contributed by atoms with van der Waals surface area (Å²) in [5, 5.41) is 12.1. The molecule has 0 aliphatic rings. The Morgan fingerprint density at radius 3 is 2.89 bits per heavy atom. The van der Waals surface area contributed by atoms with Crippen molar-refractivity contribution in [2.45, 2.75) is 32.7 Å². The maximum atomic E-state index is 10.8. The van der Waals surface area contributed by atoms with Crippen molar-refractivity contribution < 1.29 is 9.90 Å². The van der Waals surface area contributed by atoms with E-state index >= 15 is 0 Å². The van der Waals surface area contributed by atoms with E-state index in [0.717, 1.165) is 13.1 Å². The molecule has 5 nitrogen and oxygen atoms in total. The minimum Gasteiger partial charge on any atom is -0.477 e. The molecule has 1 atom stereocenters. The number of unbranched alkanes of at least 4 members (excludes halogenated alkanes) is 1. The standard InChI is InChI=1S/C14H23N3O2/c1-4-5-9-17(3)10-11(2)15-13-8-6-7-12(16-13)14(18)19/h6-8,11H,4-5,9-10H2,1-3H3,(H,15,16)(H,18,19)/t11-/m1/s1. The molecular formula is C14H23N3O2. The molecule has 1 aromatic rings. The summed E-state index contributed by atoms with van der Waals surface area (Å²) in [6, 6.07) is 5.20. The number of carboxylic acid groups (broad SMARTS) is 1. The van der Waals surface area contributed by atoms with E-state index in [1.165, 1.54) is 18.9 Å². The Hall–Kier alpha value is -1.62. The van der Waals surface area contributed by atoms with Gasteiger partial charge in [0.1, 0.15) is 5.82 Å². The molecule has 2 N–H and O–H groups in total. The van der Waals surface area contributed by atoms with Crippen LogP contribution in [0.1, 0.15) is 37.2 Å². The number of hydrogen-bond donors (Lipinski definition) is 2. The molecule has 1 heterocycles. The maximum absolute atomic E-state index is 10.8. The second kappa shape index (κ2) is 7.74. The van der Waals surface area contributed by atoms with Crippen LogP contribution < -0.4 is 5.32 Å². The first-order chi connectivity index (χ1) is 9.02. The lowest BCUT2D eigenvalue weighted by Gasteiger charge is -2.22. The fourth-order valence-corrected chi connectivity index (χ4v) is 1.92. The number of aromatic carboxylic acids is 1. The van der Waals surface area contributed by atoms with Gasteiger partial charge in [0, 0.05) is 12.6 Å². The van der Waals surface area contributed by atoms with E-state index in [4.69, 9.17) is 5.11 Å². The fraction of sp³-hybridized carbons (Fsp3) is 0.571. The molecule has 19 heavy (non-hydrogen) atoms. The van der Waals surface area contributed by atoms with Crippen molar-refractivity contribution >= 4 is 11.8 Å². The van der Waals surface area contributed by atoms with Gasteiger partial charge in [-0.05, 0) is 39.1 Å². The van der Waals surface area contributed by atoms with Crippen LogP contribution >= 0.6 is 0 Å². The van der Waals surface area contributed by atoms with E-state index < -0.39 is 5.97 Å². The van der Waals surface area contributed by atoms with Gasteiger partial charge < -0.3 is 15.3 Å². The number of likely N-dealkylation sites (N-methyl/N-ethyl adjacent to an activating group) is 1. The molecule has 106 valence electrons. The SMILES string of the molecule is CCCCN(C)C[C@@H](C)Nc1cccc(C(=O)O)n1. The zero-order chi connectivity index (χ0) is 14.3. The van der Waals surface area contributed by atoms with Gasteiger partial charge in [-0.3, -0.25) is 0 Å². The second-order valence-corrected chi connectivity index (χ2v) is 4.87. The number of anilines is 1. The molecule has 0 bridgehead atoms. The van der Waals surface area contributed by atoms with E-state index in [2.05, 4.69) is 36.1 Å². The monoisotopic (exact) mass is 265 g/mol. The van der Waals surface area contributed by atoms with Crippen LogP contribution in [0, 0.1) is 0 Å². The van der Waals surface area contributed by atoms with Crippen molar-refractivity contribution in [2.75, 3.05) is 25.5 Å². The average molecular weight is 265 g/mol. The van der Waals surface area contributed by atoms with Crippen molar-refractivity contribution in [1.82, 2.24) is 9.88 Å². The summed E-state index contributed by atoms with van der Waals surface area (Å²) >= 11 is 0. The number of pyridine rings is 1. The van der Waals surface area contributed by atoms with Crippen LogP contribution in [-0.4, -0.2) is 47.1 Å². The highest BCUT2D eigenvalue weighted by molar-refractivity contribution is 5.85. The lowest BCUT2D eigenvalue weighted by Crippen LogP contribution is -2.33. The summed E-state index contributed by atoms with van der Waals surface area (Å²) in [6.07, 6.45) is 2.38. The topological polar surface area (TPSA) is 65.5 Å². The lowest BCUT2D eigenvalue weighted by molar-refractivity contribution is 0.0690. The van der Waals surface area contributed by atoms with E-state index in [1.54, 1.807) is 12.1 Å². The third kappa shape index (κ3) is 5.70. The number of rotatable bonds is 8. The molecule has 0 radical (unpaired) electrons. The first-order valence-electron chi connectivity index (χ1n) is 6.68. The van der Waals surface area contributed by atoms with Crippen LogP contribution in [0.15, 0.2) is 18.2 Å². The molecule has 0 aromatic carbocycles. The molecule has 1 aromatic heterocycles. The highest BCUT2D eigenvalue weighted by Crippen LogP contribution is 2.07. The van der Waals surface area contributed by atoms with E-state index in [0.29, 0.717) is 5.82 Å². The first-order valence-corrected chi connectivity index (χ1v) is 6.68. The molecule has 5 heteroatoms. The summed E-state index contributed by atoms with van der Waals surface area (Å²) in [4.78, 5) is 17.2. The van der Waals surface area contributed by atoms with Gasteiger partial charge in [-0.15, -0.1) is 0 Å². The largest absolute Gasteiger partial charge is 0.477 e. The number of hydrogen-bond acceptors (Lipinski definition) is 4. The molecule has 0 saturated heterocycles. The predicted molar refractivity (Wildman–Crippen MR) is 76.7 cm³/mol. The zero-order valence-electron chi connectivity index (χ0n) is 11.9. The molecule has 0 spiro atoms. The number of aromatic nitrogens is 1. The number of nitrogens with zero attached hydrogens (tertiary/aromatic N) is 2. The smallest absolute Gasteiger partial charge is 0.354 e. The van der Waals surface area contributed by atoms with Crippen molar-refractivity contribution in [3.63, 3.8) is 0 Å². The Morgan fingerprint density at radius 1 is 1.53 bits per heavy atom. The van der Waals surface area contributed by atoms with E-state index in [9.17, 15) is 4.79 Å². The Morgan fingerprint density at radius 2 is 2.26 bits per heavy atom. The Kier molecular flexibility index (Phi) is 6.29. The van der Waals surface area contributed by atoms with Gasteiger partial charge >= 0.3 is 5.97 Å². The molecular weight excluding hydrogens is 242 g/mol. The fourth-order valence-electron chi connectivity index (χ4n) is 1.92. The number of carbonyl (C=O) groups is 1. The highest BCUT2D eigenvalue weighted by Gasteiger charge is 2.09. The summed E-state index contributed by atoms with van der Waals surface area (Å²) < 4.78 is 0. The van der Waals surface area contributed by atoms with Gasteiger partial charge in [-0.2, -0.15) is 0 Å². The normalized spacial score (nSPS) is 12.4. The summed E-state index contributed by atoms with van der Waals surface area (Å²) in [7, 11) is 2.09. The average Bonchev–Trinajstić information content (AvgIpc) is 2.36. The van der Waals surface area contributed by atoms with Gasteiger partial charge in [0.25, 0.3) is 0 Å². The Balaban J connectivity index is 2.49. The van der Waals surface area contributed by atoms with E-state index in [1.807, 2.05) is 0 Å². The summed E-state index contributed by atoms with van der Waals surface area (Å²) in [6.45, 7) is 6.22. The Bertz CT molecular complexity index is 409. The highest BCUT2D eigenvalue weighted by atomic mass is 16.4. The summed E-state index contributed by atoms with van der Waals surface area (Å²) in [5.74, 6) is -0.396. The van der Waals surface area contributed by atoms with Crippen LogP contribution in [0.4, 0.5) is 5.82 Å². The van der Waals surface area contributed by atoms with Crippen LogP contribution in [0.5, 0.6) is 0 Å². The molecule has 1 rings (SSSR count). The molecule has 0 aliphatic heterocycles. The van der Waals surface area contributed by atoms with Crippen molar-refractivity contribution in [2.24, 2.45) is 0 Å². The second-order valence-electron chi connectivity index (χ2n) is 4.87. The summed E-state index contributed by atoms with van der Waals surface area (Å²) in [5.41, 5.74) is 0.0662. The molecule has 0 aliphatic carbocycles. The van der Waals surface area contributed by atoms with Crippen LogP contribution in [-0.2, 0) is 0 Å². The third-order valence-corrected chi connectivity index (χ3v) is 2.84. The van der Waals surface area contributed by atoms with Gasteiger partial charge in [0.15, 0.2) is 5.69 Å².